The number of ether oxygens (including phenoxy) is 1. The van der Waals surface area contributed by atoms with Crippen molar-refractivity contribution in [2.24, 2.45) is 0 Å². The first-order valence-corrected chi connectivity index (χ1v) is 22.3. The van der Waals surface area contributed by atoms with Gasteiger partial charge in [0.15, 0.2) is 0 Å². The Balaban J connectivity index is 0.000000228. The van der Waals surface area contributed by atoms with E-state index in [0.717, 1.165) is 47.1 Å². The Morgan fingerprint density at radius 1 is 0.517 bits per heavy atom. The summed E-state index contributed by atoms with van der Waals surface area (Å²) in [5, 5.41) is 18.3. The fourth-order valence-electron chi connectivity index (χ4n) is 6.35. The predicted molar refractivity (Wildman–Crippen MR) is 234 cm³/mol. The first-order chi connectivity index (χ1) is 28.8. The molecule has 60 heavy (non-hydrogen) atoms. The van der Waals surface area contributed by atoms with E-state index in [-0.39, 0.29) is 20.9 Å². The van der Waals surface area contributed by atoms with Crippen molar-refractivity contribution in [1.29, 1.82) is 0 Å². The number of anilines is 2. The molecular formula is C47H48N2O9S2. The highest BCUT2D eigenvalue weighted by atomic mass is 32.2. The molecule has 0 fully saturated rings. The van der Waals surface area contributed by atoms with Gasteiger partial charge in [-0.15, -0.1) is 0 Å². The highest BCUT2D eigenvalue weighted by Crippen LogP contribution is 2.25. The lowest BCUT2D eigenvalue weighted by Gasteiger charge is -2.13. The second kappa shape index (κ2) is 21.0. The highest BCUT2D eigenvalue weighted by Gasteiger charge is 2.18. The summed E-state index contributed by atoms with van der Waals surface area (Å²) in [5.74, 6) is -1.48. The van der Waals surface area contributed by atoms with Crippen LogP contribution in [0.1, 0.15) is 68.3 Å². The molecule has 6 rings (SSSR count). The maximum absolute atomic E-state index is 12.9. The van der Waals surface area contributed by atoms with Crippen LogP contribution in [-0.4, -0.2) is 46.1 Å². The smallest absolute Gasteiger partial charge is 0.335 e. The van der Waals surface area contributed by atoms with E-state index in [9.17, 15) is 26.4 Å². The molecule has 6 aromatic carbocycles. The maximum atomic E-state index is 12.9. The zero-order valence-electron chi connectivity index (χ0n) is 33.4. The number of hydrogen-bond acceptors (Lipinski definition) is 7. The molecule has 0 saturated heterocycles. The molecular weight excluding hydrogens is 801 g/mol. The number of carbonyl (C=O) groups is 2. The summed E-state index contributed by atoms with van der Waals surface area (Å²) < 4.78 is 61.8. The number of rotatable bonds is 18. The van der Waals surface area contributed by atoms with Crippen LogP contribution in [0.15, 0.2) is 155 Å². The van der Waals surface area contributed by atoms with E-state index < -0.39 is 32.0 Å². The summed E-state index contributed by atoms with van der Waals surface area (Å²) in [6, 6.07) is 41.3. The fourth-order valence-corrected chi connectivity index (χ4v) is 8.58. The third-order valence-electron chi connectivity index (χ3n) is 9.64. The van der Waals surface area contributed by atoms with E-state index in [1.165, 1.54) is 19.2 Å². The van der Waals surface area contributed by atoms with Gasteiger partial charge in [0.05, 0.1) is 39.4 Å². The Bertz CT molecular complexity index is 2630. The van der Waals surface area contributed by atoms with Crippen LogP contribution in [0, 0.1) is 0 Å². The quantitative estimate of drug-likeness (QED) is 0.0657. The van der Waals surface area contributed by atoms with Gasteiger partial charge in [0, 0.05) is 6.07 Å². The molecule has 0 unspecified atom stereocenters. The summed E-state index contributed by atoms with van der Waals surface area (Å²) in [7, 11) is -6.00. The number of benzene rings is 6. The van der Waals surface area contributed by atoms with Crippen molar-refractivity contribution < 1.29 is 41.4 Å². The van der Waals surface area contributed by atoms with E-state index in [1.807, 2.05) is 48.5 Å². The van der Waals surface area contributed by atoms with Gasteiger partial charge in [-0.25, -0.2) is 26.4 Å². The molecule has 0 atom stereocenters. The molecule has 0 aliphatic carbocycles. The SMILES string of the molecule is CCCCc1ccc(S(=O)(=O)Nc2ccccc2CCc2cccc(C(=O)O)c2)cc1.COc1cccc(S(=O)(=O)Nc2ccccc2CCc2cccc(C(=O)O)c2)c1. The van der Waals surface area contributed by atoms with Crippen molar-refractivity contribution in [2.75, 3.05) is 16.6 Å². The number of aromatic carboxylic acids is 2. The monoisotopic (exact) mass is 848 g/mol. The second-order valence-corrected chi connectivity index (χ2v) is 17.3. The molecule has 0 amide bonds. The second-order valence-electron chi connectivity index (χ2n) is 14.0. The standard InChI is InChI=1S/C25H27NO4S.C22H21NO5S/c1-2-3-7-19-13-16-23(17-14-19)31(29,30)26-24-11-5-4-9-21(24)15-12-20-8-6-10-22(18-20)25(27)28;1-28-19-9-5-10-20(15-19)29(26,27)23-21-11-3-2-7-17(21)13-12-16-6-4-8-18(14-16)22(24)25/h4-6,8-11,13-14,16-18,26H,2-3,7,12,15H2,1H3,(H,27,28);2-11,14-15,23H,12-13H2,1H3,(H,24,25). The summed E-state index contributed by atoms with van der Waals surface area (Å²) >= 11 is 0. The van der Waals surface area contributed by atoms with Gasteiger partial charge >= 0.3 is 11.9 Å². The summed E-state index contributed by atoms with van der Waals surface area (Å²) in [4.78, 5) is 22.6. The van der Waals surface area contributed by atoms with Gasteiger partial charge in [-0.2, -0.15) is 0 Å². The van der Waals surface area contributed by atoms with Crippen molar-refractivity contribution in [3.63, 3.8) is 0 Å². The number of aryl methyl sites for hydroxylation is 5. The van der Waals surface area contributed by atoms with Gasteiger partial charge in [0.1, 0.15) is 5.75 Å². The third-order valence-corrected chi connectivity index (χ3v) is 12.4. The number of unbranched alkanes of at least 4 members (excludes halogenated alkanes) is 1. The number of methoxy groups -OCH3 is 1. The molecule has 0 saturated carbocycles. The average Bonchev–Trinajstić information content (AvgIpc) is 3.25. The first-order valence-electron chi connectivity index (χ1n) is 19.4. The summed E-state index contributed by atoms with van der Waals surface area (Å²) in [5.41, 5.74) is 6.06. The first kappa shape index (κ1) is 44.7. The molecule has 11 nitrogen and oxygen atoms in total. The molecule has 312 valence electrons. The van der Waals surface area contributed by atoms with Crippen molar-refractivity contribution in [2.45, 2.75) is 61.7 Å². The number of para-hydroxylation sites is 2. The molecule has 0 radical (unpaired) electrons. The van der Waals surface area contributed by atoms with E-state index >= 15 is 0 Å². The minimum absolute atomic E-state index is 0.112. The van der Waals surface area contributed by atoms with E-state index in [1.54, 1.807) is 84.9 Å². The Labute approximate surface area is 351 Å². The largest absolute Gasteiger partial charge is 0.497 e. The van der Waals surface area contributed by atoms with Crippen molar-refractivity contribution >= 4 is 43.4 Å². The Morgan fingerprint density at radius 2 is 1.00 bits per heavy atom. The van der Waals surface area contributed by atoms with Gasteiger partial charge in [0.25, 0.3) is 20.0 Å². The molecule has 13 heteroatoms. The lowest BCUT2D eigenvalue weighted by Crippen LogP contribution is -2.14. The Hall–Kier alpha value is -6.44. The van der Waals surface area contributed by atoms with Crippen molar-refractivity contribution in [1.82, 2.24) is 0 Å². The Kier molecular flexibility index (Phi) is 15.6. The molecule has 0 heterocycles. The minimum Gasteiger partial charge on any atom is -0.497 e. The zero-order chi connectivity index (χ0) is 43.1. The summed E-state index contributed by atoms with van der Waals surface area (Å²) in [6.07, 6.45) is 5.44. The van der Waals surface area contributed by atoms with Gasteiger partial charge in [-0.1, -0.05) is 92.2 Å². The van der Waals surface area contributed by atoms with E-state index in [0.29, 0.717) is 42.8 Å². The van der Waals surface area contributed by atoms with Gasteiger partial charge in [0.2, 0.25) is 0 Å². The Morgan fingerprint density at radius 3 is 1.48 bits per heavy atom. The van der Waals surface area contributed by atoms with E-state index in [4.69, 9.17) is 14.9 Å². The highest BCUT2D eigenvalue weighted by molar-refractivity contribution is 7.93. The molecule has 0 spiro atoms. The lowest BCUT2D eigenvalue weighted by molar-refractivity contribution is 0.0686. The molecule has 4 N–H and O–H groups in total. The van der Waals surface area contributed by atoms with Crippen LogP contribution >= 0.6 is 0 Å². The normalized spacial score (nSPS) is 11.2. The number of sulfonamides is 2. The van der Waals surface area contributed by atoms with Crippen molar-refractivity contribution in [3.8, 4) is 5.75 Å². The maximum Gasteiger partial charge on any atom is 0.335 e. The number of carboxylic acid groups (broad SMARTS) is 2. The van der Waals surface area contributed by atoms with Gasteiger partial charge < -0.3 is 14.9 Å². The molecule has 0 aromatic heterocycles. The molecule has 0 bridgehead atoms. The lowest BCUT2D eigenvalue weighted by atomic mass is 10.0. The van der Waals surface area contributed by atoms with Crippen LogP contribution in [0.4, 0.5) is 11.4 Å². The van der Waals surface area contributed by atoms with Gasteiger partial charge in [-0.3, -0.25) is 9.44 Å². The van der Waals surface area contributed by atoms with E-state index in [2.05, 4.69) is 16.4 Å². The number of hydrogen-bond donors (Lipinski definition) is 4. The van der Waals surface area contributed by atoms with Crippen LogP contribution in [-0.2, 0) is 52.2 Å². The van der Waals surface area contributed by atoms with Crippen LogP contribution in [0.2, 0.25) is 0 Å². The number of carboxylic acids is 2. The summed E-state index contributed by atoms with van der Waals surface area (Å²) in [6.45, 7) is 2.13. The zero-order valence-corrected chi connectivity index (χ0v) is 35.0. The average molecular weight is 849 g/mol. The van der Waals surface area contributed by atoms with Crippen molar-refractivity contribution in [3.05, 3.63) is 185 Å². The molecule has 0 aliphatic heterocycles. The molecule has 6 aromatic rings. The van der Waals surface area contributed by atoms with Crippen LogP contribution in [0.25, 0.3) is 0 Å². The van der Waals surface area contributed by atoms with Crippen LogP contribution < -0.4 is 14.2 Å². The topological polar surface area (TPSA) is 176 Å². The van der Waals surface area contributed by atoms with Gasteiger partial charge in [-0.05, 0) is 127 Å². The van der Waals surface area contributed by atoms with Crippen LogP contribution in [0.5, 0.6) is 5.75 Å². The predicted octanol–water partition coefficient (Wildman–Crippen LogP) is 9.29. The fraction of sp³-hybridized carbons (Fsp3) is 0.191. The third kappa shape index (κ3) is 12.8. The number of nitrogens with one attached hydrogen (secondary N) is 2. The van der Waals surface area contributed by atoms with Crippen LogP contribution in [0.3, 0.4) is 0 Å². The molecule has 0 aliphatic rings. The minimum atomic E-state index is -3.78.